The second-order valence-corrected chi connectivity index (χ2v) is 5.34. The highest BCUT2D eigenvalue weighted by molar-refractivity contribution is 7.10. The molecule has 1 nitrogen and oxygen atoms in total. The van der Waals surface area contributed by atoms with Gasteiger partial charge in [-0.1, -0.05) is 6.92 Å². The summed E-state index contributed by atoms with van der Waals surface area (Å²) in [6, 6.07) is 3.63. The number of thiophene rings is 1. The monoisotopic (exact) mass is 209 g/mol. The van der Waals surface area contributed by atoms with Crippen molar-refractivity contribution in [1.82, 2.24) is 5.32 Å². The van der Waals surface area contributed by atoms with Crippen molar-refractivity contribution in [3.05, 3.63) is 21.9 Å². The summed E-state index contributed by atoms with van der Waals surface area (Å²) >= 11 is 1.93. The number of hydrogen-bond acceptors (Lipinski definition) is 2. The smallest absolute Gasteiger partial charge is 0.0144 e. The Labute approximate surface area is 90.5 Å². The van der Waals surface area contributed by atoms with Crippen molar-refractivity contribution in [2.24, 2.45) is 0 Å². The van der Waals surface area contributed by atoms with Gasteiger partial charge in [-0.05, 0) is 43.7 Å². The first-order valence-corrected chi connectivity index (χ1v) is 6.40. The van der Waals surface area contributed by atoms with E-state index in [1.54, 1.807) is 4.88 Å². The van der Waals surface area contributed by atoms with E-state index in [1.807, 2.05) is 11.3 Å². The van der Waals surface area contributed by atoms with Crippen LogP contribution >= 0.6 is 11.3 Å². The molecule has 1 aliphatic rings. The number of nitrogens with one attached hydrogen (secondary N) is 1. The molecule has 2 heteroatoms. The summed E-state index contributed by atoms with van der Waals surface area (Å²) in [6.45, 7) is 6.82. The van der Waals surface area contributed by atoms with E-state index in [0.29, 0.717) is 12.1 Å². The Morgan fingerprint density at radius 3 is 2.93 bits per heavy atom. The van der Waals surface area contributed by atoms with Gasteiger partial charge in [0.05, 0.1) is 0 Å². The van der Waals surface area contributed by atoms with Gasteiger partial charge >= 0.3 is 0 Å². The Bertz CT molecular complexity index is 305. The van der Waals surface area contributed by atoms with Gasteiger partial charge < -0.3 is 5.32 Å². The molecule has 0 amide bonds. The van der Waals surface area contributed by atoms with Crippen LogP contribution in [0.5, 0.6) is 0 Å². The van der Waals surface area contributed by atoms with Crippen LogP contribution in [0.25, 0.3) is 0 Å². The fourth-order valence-corrected chi connectivity index (χ4v) is 3.66. The standard InChI is InChI=1S/C12H19NS/c1-4-11-10(7-9(3)13-11)12-8(2)5-6-14-12/h5-6,9-11,13H,4,7H2,1-3H3. The molecule has 0 saturated carbocycles. The van der Waals surface area contributed by atoms with Gasteiger partial charge in [0, 0.05) is 22.9 Å². The molecule has 2 rings (SSSR count). The molecule has 0 aliphatic carbocycles. The topological polar surface area (TPSA) is 12.0 Å². The first-order valence-electron chi connectivity index (χ1n) is 5.52. The van der Waals surface area contributed by atoms with E-state index in [9.17, 15) is 0 Å². The Kier molecular flexibility index (Phi) is 2.93. The normalized spacial score (nSPS) is 32.4. The summed E-state index contributed by atoms with van der Waals surface area (Å²) in [5.74, 6) is 0.759. The summed E-state index contributed by atoms with van der Waals surface area (Å²) in [6.07, 6.45) is 2.55. The fourth-order valence-electron chi connectivity index (χ4n) is 2.55. The fraction of sp³-hybridized carbons (Fsp3) is 0.667. The lowest BCUT2D eigenvalue weighted by Gasteiger charge is -2.17. The Morgan fingerprint density at radius 2 is 2.36 bits per heavy atom. The lowest BCUT2D eigenvalue weighted by atomic mass is 9.94. The van der Waals surface area contributed by atoms with E-state index in [4.69, 9.17) is 0 Å². The molecule has 3 atom stereocenters. The van der Waals surface area contributed by atoms with Crippen LogP contribution in [0, 0.1) is 6.92 Å². The molecular weight excluding hydrogens is 190 g/mol. The zero-order valence-electron chi connectivity index (χ0n) is 9.21. The minimum Gasteiger partial charge on any atom is -0.311 e. The van der Waals surface area contributed by atoms with Gasteiger partial charge in [-0.2, -0.15) is 0 Å². The molecule has 14 heavy (non-hydrogen) atoms. The average molecular weight is 209 g/mol. The molecular formula is C12H19NS. The van der Waals surface area contributed by atoms with E-state index in [-0.39, 0.29) is 0 Å². The van der Waals surface area contributed by atoms with Crippen LogP contribution in [0.2, 0.25) is 0 Å². The molecule has 1 saturated heterocycles. The van der Waals surface area contributed by atoms with Gasteiger partial charge in [0.15, 0.2) is 0 Å². The number of hydrogen-bond donors (Lipinski definition) is 1. The van der Waals surface area contributed by atoms with Crippen molar-refractivity contribution in [3.63, 3.8) is 0 Å². The van der Waals surface area contributed by atoms with Gasteiger partial charge in [0.1, 0.15) is 0 Å². The maximum atomic E-state index is 3.68. The van der Waals surface area contributed by atoms with Crippen molar-refractivity contribution in [2.75, 3.05) is 0 Å². The van der Waals surface area contributed by atoms with Crippen LogP contribution in [-0.4, -0.2) is 12.1 Å². The van der Waals surface area contributed by atoms with Crippen LogP contribution in [0.15, 0.2) is 11.4 Å². The SMILES string of the molecule is CCC1NC(C)CC1c1sccc1C. The van der Waals surface area contributed by atoms with E-state index in [2.05, 4.69) is 37.5 Å². The third-order valence-corrected chi connectivity index (χ3v) is 4.42. The molecule has 0 radical (unpaired) electrons. The number of aryl methyl sites for hydroxylation is 1. The van der Waals surface area contributed by atoms with E-state index >= 15 is 0 Å². The van der Waals surface area contributed by atoms with Gasteiger partial charge in [-0.15, -0.1) is 11.3 Å². The Morgan fingerprint density at radius 1 is 1.57 bits per heavy atom. The highest BCUT2D eigenvalue weighted by Crippen LogP contribution is 2.36. The molecule has 1 aliphatic heterocycles. The Balaban J connectivity index is 2.21. The first-order chi connectivity index (χ1) is 6.72. The zero-order valence-corrected chi connectivity index (χ0v) is 10.0. The second-order valence-electron chi connectivity index (χ2n) is 4.39. The van der Waals surface area contributed by atoms with Crippen molar-refractivity contribution in [2.45, 2.75) is 51.6 Å². The molecule has 1 N–H and O–H groups in total. The summed E-state index contributed by atoms with van der Waals surface area (Å²) in [5.41, 5.74) is 1.48. The van der Waals surface area contributed by atoms with Crippen LogP contribution in [-0.2, 0) is 0 Å². The predicted octanol–water partition coefficient (Wildman–Crippen LogP) is 3.30. The molecule has 1 fully saturated rings. The van der Waals surface area contributed by atoms with Crippen LogP contribution in [0.1, 0.15) is 43.0 Å². The zero-order chi connectivity index (χ0) is 10.1. The Hall–Kier alpha value is -0.340. The third kappa shape index (κ3) is 1.73. The van der Waals surface area contributed by atoms with Crippen molar-refractivity contribution in [1.29, 1.82) is 0 Å². The van der Waals surface area contributed by atoms with Crippen LogP contribution < -0.4 is 5.32 Å². The minimum atomic E-state index is 0.687. The van der Waals surface area contributed by atoms with Gasteiger partial charge in [-0.25, -0.2) is 0 Å². The highest BCUT2D eigenvalue weighted by atomic mass is 32.1. The second kappa shape index (κ2) is 4.03. The average Bonchev–Trinajstić information content (AvgIpc) is 2.71. The molecule has 1 aromatic rings. The van der Waals surface area contributed by atoms with Crippen molar-refractivity contribution in [3.8, 4) is 0 Å². The van der Waals surface area contributed by atoms with Gasteiger partial charge in [0.25, 0.3) is 0 Å². The van der Waals surface area contributed by atoms with Gasteiger partial charge in [0.2, 0.25) is 0 Å². The molecule has 0 bridgehead atoms. The summed E-state index contributed by atoms with van der Waals surface area (Å²) in [7, 11) is 0. The van der Waals surface area contributed by atoms with E-state index in [1.165, 1.54) is 18.4 Å². The van der Waals surface area contributed by atoms with E-state index in [0.717, 1.165) is 5.92 Å². The maximum Gasteiger partial charge on any atom is 0.0144 e. The molecule has 3 unspecified atom stereocenters. The third-order valence-electron chi connectivity index (χ3n) is 3.27. The highest BCUT2D eigenvalue weighted by Gasteiger charge is 2.32. The van der Waals surface area contributed by atoms with Crippen molar-refractivity contribution < 1.29 is 0 Å². The quantitative estimate of drug-likeness (QED) is 0.788. The van der Waals surface area contributed by atoms with Crippen LogP contribution in [0.3, 0.4) is 0 Å². The largest absolute Gasteiger partial charge is 0.311 e. The summed E-state index contributed by atoms with van der Waals surface area (Å²) < 4.78 is 0. The molecule has 0 spiro atoms. The number of rotatable bonds is 2. The van der Waals surface area contributed by atoms with Crippen molar-refractivity contribution >= 4 is 11.3 Å². The predicted molar refractivity (Wildman–Crippen MR) is 63.1 cm³/mol. The molecule has 2 heterocycles. The first kappa shape index (κ1) is 10.2. The summed E-state index contributed by atoms with van der Waals surface area (Å²) in [4.78, 5) is 1.61. The van der Waals surface area contributed by atoms with Gasteiger partial charge in [-0.3, -0.25) is 0 Å². The lowest BCUT2D eigenvalue weighted by molar-refractivity contribution is 0.520. The maximum absolute atomic E-state index is 3.68. The van der Waals surface area contributed by atoms with Crippen LogP contribution in [0.4, 0.5) is 0 Å². The lowest BCUT2D eigenvalue weighted by Crippen LogP contribution is -2.28. The minimum absolute atomic E-state index is 0.687. The van der Waals surface area contributed by atoms with E-state index < -0.39 is 0 Å². The molecule has 1 aromatic heterocycles. The summed E-state index contributed by atoms with van der Waals surface area (Å²) in [5, 5.41) is 5.90. The molecule has 78 valence electrons. The molecule has 0 aromatic carbocycles.